The second kappa shape index (κ2) is 3.35. The fourth-order valence-corrected chi connectivity index (χ4v) is 3.80. The van der Waals surface area contributed by atoms with Crippen molar-refractivity contribution in [1.82, 2.24) is 0 Å². The van der Waals surface area contributed by atoms with Gasteiger partial charge in [0.2, 0.25) is 0 Å². The monoisotopic (exact) mass is 236 g/mol. The van der Waals surface area contributed by atoms with Gasteiger partial charge in [-0.05, 0) is 45.4 Å². The first-order valence-corrected chi connectivity index (χ1v) is 6.44. The minimum atomic E-state index is -0.396. The molecule has 3 aliphatic rings. The van der Waals surface area contributed by atoms with E-state index in [0.29, 0.717) is 35.5 Å². The summed E-state index contributed by atoms with van der Waals surface area (Å²) in [7, 11) is 0. The van der Waals surface area contributed by atoms with Crippen LogP contribution in [-0.4, -0.2) is 23.8 Å². The molecule has 0 aromatic heterocycles. The average molecular weight is 236 g/mol. The fourth-order valence-electron chi connectivity index (χ4n) is 3.80. The van der Waals surface area contributed by atoms with Crippen LogP contribution >= 0.6 is 0 Å². The molecule has 0 aromatic rings. The molecule has 2 saturated carbocycles. The lowest BCUT2D eigenvalue weighted by atomic mass is 9.78. The van der Waals surface area contributed by atoms with E-state index in [0.717, 1.165) is 6.42 Å². The third-order valence-corrected chi connectivity index (χ3v) is 4.69. The summed E-state index contributed by atoms with van der Waals surface area (Å²) in [5, 5.41) is 0. The molecule has 94 valence electrons. The Morgan fingerprint density at radius 2 is 2.06 bits per heavy atom. The highest BCUT2D eigenvalue weighted by molar-refractivity contribution is 5.87. The van der Waals surface area contributed by atoms with Gasteiger partial charge < -0.3 is 9.47 Å². The Bertz CT molecular complexity index is 385. The Kier molecular flexibility index (Phi) is 2.22. The van der Waals surface area contributed by atoms with E-state index in [1.807, 2.05) is 13.8 Å². The Morgan fingerprint density at radius 1 is 1.35 bits per heavy atom. The zero-order chi connectivity index (χ0) is 12.4. The van der Waals surface area contributed by atoms with Crippen molar-refractivity contribution in [2.75, 3.05) is 0 Å². The summed E-state index contributed by atoms with van der Waals surface area (Å²) < 4.78 is 11.3. The number of fused-ring (bicyclic) bond motifs is 5. The maximum absolute atomic E-state index is 11.7. The predicted octanol–water partition coefficient (Wildman–Crippen LogP) is 2.31. The highest BCUT2D eigenvalue weighted by Gasteiger charge is 2.65. The summed E-state index contributed by atoms with van der Waals surface area (Å²) in [4.78, 5) is 11.7. The molecular formula is C14H20O3. The summed E-state index contributed by atoms with van der Waals surface area (Å²) in [5.74, 6) is 1.47. The molecule has 5 atom stereocenters. The van der Waals surface area contributed by atoms with Crippen LogP contribution in [0.25, 0.3) is 0 Å². The number of epoxide rings is 1. The average Bonchev–Trinajstić information content (AvgIpc) is 2.82. The zero-order valence-corrected chi connectivity index (χ0v) is 10.7. The molecule has 0 radical (unpaired) electrons. The first-order chi connectivity index (χ1) is 7.90. The smallest absolute Gasteiger partial charge is 0.333 e. The van der Waals surface area contributed by atoms with Gasteiger partial charge in [-0.25, -0.2) is 4.79 Å². The Hall–Kier alpha value is -0.830. The fraction of sp³-hybridized carbons (Fsp3) is 0.786. The van der Waals surface area contributed by atoms with Crippen LogP contribution in [-0.2, 0) is 14.3 Å². The minimum absolute atomic E-state index is 0.272. The predicted molar refractivity (Wildman–Crippen MR) is 63.4 cm³/mol. The number of hydrogen-bond acceptors (Lipinski definition) is 3. The van der Waals surface area contributed by atoms with Gasteiger partial charge in [-0.15, -0.1) is 0 Å². The van der Waals surface area contributed by atoms with E-state index in [4.69, 9.17) is 9.47 Å². The first kappa shape index (κ1) is 11.3. The SMILES string of the molecule is C=C(C)C(=O)OC(C)(C)C1CC2CC1C1OC21. The van der Waals surface area contributed by atoms with Crippen molar-refractivity contribution in [3.63, 3.8) is 0 Å². The van der Waals surface area contributed by atoms with E-state index in [1.165, 1.54) is 6.42 Å². The van der Waals surface area contributed by atoms with Gasteiger partial charge in [-0.2, -0.15) is 0 Å². The van der Waals surface area contributed by atoms with Gasteiger partial charge in [0.15, 0.2) is 0 Å². The van der Waals surface area contributed by atoms with Gasteiger partial charge in [0.1, 0.15) is 5.60 Å². The van der Waals surface area contributed by atoms with Crippen molar-refractivity contribution in [2.45, 2.75) is 51.4 Å². The molecule has 3 heteroatoms. The Balaban J connectivity index is 1.71. The van der Waals surface area contributed by atoms with Crippen molar-refractivity contribution in [3.8, 4) is 0 Å². The van der Waals surface area contributed by atoms with Crippen LogP contribution in [0.3, 0.4) is 0 Å². The van der Waals surface area contributed by atoms with Gasteiger partial charge in [-0.3, -0.25) is 0 Å². The summed E-state index contributed by atoms with van der Waals surface area (Å²) in [6.07, 6.45) is 3.39. The minimum Gasteiger partial charge on any atom is -0.456 e. The molecule has 0 aromatic carbocycles. The van der Waals surface area contributed by atoms with Crippen LogP contribution in [0.2, 0.25) is 0 Å². The molecule has 0 spiro atoms. The normalized spacial score (nSPS) is 42.2. The number of rotatable bonds is 3. The van der Waals surface area contributed by atoms with E-state index in [9.17, 15) is 4.79 Å². The van der Waals surface area contributed by atoms with Crippen molar-refractivity contribution in [2.24, 2.45) is 17.8 Å². The molecule has 5 unspecified atom stereocenters. The lowest BCUT2D eigenvalue weighted by Gasteiger charge is -2.35. The third-order valence-electron chi connectivity index (χ3n) is 4.69. The maximum atomic E-state index is 11.7. The second-order valence-electron chi connectivity index (χ2n) is 6.34. The molecule has 3 fully saturated rings. The van der Waals surface area contributed by atoms with Crippen LogP contribution < -0.4 is 0 Å². The van der Waals surface area contributed by atoms with Gasteiger partial charge >= 0.3 is 5.97 Å². The molecule has 0 amide bonds. The van der Waals surface area contributed by atoms with Crippen LogP contribution in [0.4, 0.5) is 0 Å². The highest BCUT2D eigenvalue weighted by atomic mass is 16.6. The van der Waals surface area contributed by atoms with Crippen molar-refractivity contribution in [1.29, 1.82) is 0 Å². The lowest BCUT2D eigenvalue weighted by molar-refractivity contribution is -0.158. The van der Waals surface area contributed by atoms with E-state index in [2.05, 4.69) is 6.58 Å². The molecule has 17 heavy (non-hydrogen) atoms. The molecule has 2 aliphatic carbocycles. The summed E-state index contributed by atoms with van der Waals surface area (Å²) in [6.45, 7) is 9.38. The molecule has 1 heterocycles. The largest absolute Gasteiger partial charge is 0.456 e. The number of hydrogen-bond donors (Lipinski definition) is 0. The van der Waals surface area contributed by atoms with Gasteiger partial charge in [0.05, 0.1) is 12.2 Å². The molecule has 1 saturated heterocycles. The van der Waals surface area contributed by atoms with E-state index in [1.54, 1.807) is 6.92 Å². The lowest BCUT2D eigenvalue weighted by Crippen LogP contribution is -2.41. The van der Waals surface area contributed by atoms with Crippen molar-refractivity contribution in [3.05, 3.63) is 12.2 Å². The number of carbonyl (C=O) groups is 1. The highest BCUT2D eigenvalue weighted by Crippen LogP contribution is 2.61. The number of esters is 1. The number of carbonyl (C=O) groups excluding carboxylic acids is 1. The molecule has 1 aliphatic heterocycles. The summed E-state index contributed by atoms with van der Waals surface area (Å²) >= 11 is 0. The Morgan fingerprint density at radius 3 is 2.59 bits per heavy atom. The molecular weight excluding hydrogens is 216 g/mol. The maximum Gasteiger partial charge on any atom is 0.333 e. The van der Waals surface area contributed by atoms with Gasteiger partial charge in [-0.1, -0.05) is 6.58 Å². The summed E-state index contributed by atoms with van der Waals surface area (Å²) in [5.41, 5.74) is 0.0774. The van der Waals surface area contributed by atoms with E-state index in [-0.39, 0.29) is 5.97 Å². The zero-order valence-electron chi connectivity index (χ0n) is 10.7. The molecule has 3 rings (SSSR count). The molecule has 0 N–H and O–H groups in total. The third kappa shape index (κ3) is 1.63. The van der Waals surface area contributed by atoms with Crippen LogP contribution in [0, 0.1) is 17.8 Å². The van der Waals surface area contributed by atoms with Crippen LogP contribution in [0.1, 0.15) is 33.6 Å². The quantitative estimate of drug-likeness (QED) is 0.429. The van der Waals surface area contributed by atoms with Crippen LogP contribution in [0.5, 0.6) is 0 Å². The first-order valence-electron chi connectivity index (χ1n) is 6.44. The van der Waals surface area contributed by atoms with Crippen molar-refractivity contribution >= 4 is 5.97 Å². The standard InChI is InChI=1S/C14H20O3/c1-7(2)13(15)17-14(3,4)10-6-8-5-9(10)12-11(8)16-12/h8-12H,1,5-6H2,2-4H3. The second-order valence-corrected chi connectivity index (χ2v) is 6.34. The summed E-state index contributed by atoms with van der Waals surface area (Å²) in [6, 6.07) is 0. The van der Waals surface area contributed by atoms with Gasteiger partial charge in [0.25, 0.3) is 0 Å². The van der Waals surface area contributed by atoms with E-state index < -0.39 is 5.60 Å². The molecule has 3 nitrogen and oxygen atoms in total. The van der Waals surface area contributed by atoms with Gasteiger partial charge in [0, 0.05) is 11.5 Å². The number of ether oxygens (including phenoxy) is 2. The van der Waals surface area contributed by atoms with Crippen LogP contribution in [0.15, 0.2) is 12.2 Å². The molecule has 2 bridgehead atoms. The Labute approximate surface area is 102 Å². The topological polar surface area (TPSA) is 38.8 Å². The van der Waals surface area contributed by atoms with E-state index >= 15 is 0 Å². The van der Waals surface area contributed by atoms with Crippen molar-refractivity contribution < 1.29 is 14.3 Å².